The molecule has 5 nitrogen and oxygen atoms in total. The number of rotatable bonds is 4. The second kappa shape index (κ2) is 6.47. The molecule has 0 amide bonds. The second-order valence-corrected chi connectivity index (χ2v) is 5.63. The molecule has 0 spiro atoms. The van der Waals surface area contributed by atoms with E-state index in [4.69, 9.17) is 9.26 Å². The molecular weight excluding hydrogens is 322 g/mol. The maximum absolute atomic E-state index is 5.63. The van der Waals surface area contributed by atoms with Gasteiger partial charge < -0.3 is 14.6 Å². The number of nitrogens with one attached hydrogen (secondary N) is 1. The van der Waals surface area contributed by atoms with Crippen molar-refractivity contribution in [3.05, 3.63) is 46.0 Å². The van der Waals surface area contributed by atoms with Crippen LogP contribution in [0.3, 0.4) is 0 Å². The summed E-state index contributed by atoms with van der Waals surface area (Å²) in [6.45, 7) is 2.48. The fraction of sp³-hybridized carbons (Fsp3) is 0.429. The average molecular weight is 338 g/mol. The molecule has 2 aromatic rings. The molecule has 2 heterocycles. The van der Waals surface area contributed by atoms with Gasteiger partial charge in [0.15, 0.2) is 5.82 Å². The van der Waals surface area contributed by atoms with E-state index in [0.29, 0.717) is 24.6 Å². The standard InChI is InChI=1S/C14H16BrN3O2/c15-12-4-2-1-3-10(12)7-13-17-14(20-18-13)8-11-9-16-5-6-19-11/h1-4,11,16H,5-9H2. The molecule has 0 bridgehead atoms. The van der Waals surface area contributed by atoms with Gasteiger partial charge in [0.05, 0.1) is 19.1 Å². The Hall–Kier alpha value is -1.24. The highest BCUT2D eigenvalue weighted by atomic mass is 79.9. The van der Waals surface area contributed by atoms with Crippen LogP contribution in [0.1, 0.15) is 17.3 Å². The fourth-order valence-corrected chi connectivity index (χ4v) is 2.63. The first kappa shape index (κ1) is 13.7. The third kappa shape index (κ3) is 3.45. The van der Waals surface area contributed by atoms with Crippen molar-refractivity contribution < 1.29 is 9.26 Å². The van der Waals surface area contributed by atoms with Crippen molar-refractivity contribution in [2.75, 3.05) is 19.7 Å². The summed E-state index contributed by atoms with van der Waals surface area (Å²) in [6.07, 6.45) is 1.45. The van der Waals surface area contributed by atoms with Crippen LogP contribution in [0.25, 0.3) is 0 Å². The van der Waals surface area contributed by atoms with Gasteiger partial charge in [0.2, 0.25) is 5.89 Å². The van der Waals surface area contributed by atoms with Crippen molar-refractivity contribution in [1.82, 2.24) is 15.5 Å². The molecule has 3 rings (SSSR count). The maximum atomic E-state index is 5.63. The molecule has 106 valence electrons. The van der Waals surface area contributed by atoms with Crippen molar-refractivity contribution in [2.24, 2.45) is 0 Å². The van der Waals surface area contributed by atoms with E-state index in [9.17, 15) is 0 Å². The zero-order chi connectivity index (χ0) is 13.8. The van der Waals surface area contributed by atoms with Crippen molar-refractivity contribution in [1.29, 1.82) is 0 Å². The van der Waals surface area contributed by atoms with E-state index in [-0.39, 0.29) is 6.10 Å². The minimum absolute atomic E-state index is 0.125. The third-order valence-electron chi connectivity index (χ3n) is 3.22. The Morgan fingerprint density at radius 2 is 2.25 bits per heavy atom. The minimum atomic E-state index is 0.125. The second-order valence-electron chi connectivity index (χ2n) is 4.77. The molecule has 6 heteroatoms. The summed E-state index contributed by atoms with van der Waals surface area (Å²) in [6, 6.07) is 8.05. The van der Waals surface area contributed by atoms with Crippen LogP contribution >= 0.6 is 15.9 Å². The van der Waals surface area contributed by atoms with Gasteiger partial charge in [0.1, 0.15) is 0 Å². The highest BCUT2D eigenvalue weighted by Gasteiger charge is 2.18. The van der Waals surface area contributed by atoms with Crippen LogP contribution in [0.2, 0.25) is 0 Å². The molecule has 0 saturated carbocycles. The summed E-state index contributed by atoms with van der Waals surface area (Å²) in [4.78, 5) is 4.43. The summed E-state index contributed by atoms with van der Waals surface area (Å²) >= 11 is 3.53. The zero-order valence-corrected chi connectivity index (χ0v) is 12.6. The topological polar surface area (TPSA) is 60.2 Å². The van der Waals surface area contributed by atoms with Crippen LogP contribution in [0, 0.1) is 0 Å². The Balaban J connectivity index is 1.63. The molecular formula is C14H16BrN3O2. The van der Waals surface area contributed by atoms with Gasteiger partial charge >= 0.3 is 0 Å². The van der Waals surface area contributed by atoms with Crippen LogP contribution in [0.15, 0.2) is 33.3 Å². The molecule has 1 aromatic carbocycles. The van der Waals surface area contributed by atoms with Crippen LogP contribution in [0.4, 0.5) is 0 Å². The summed E-state index contributed by atoms with van der Waals surface area (Å²) < 4.78 is 12.0. The maximum Gasteiger partial charge on any atom is 0.229 e. The summed E-state index contributed by atoms with van der Waals surface area (Å²) in [5.74, 6) is 1.34. The molecule has 1 saturated heterocycles. The molecule has 0 radical (unpaired) electrons. The van der Waals surface area contributed by atoms with Gasteiger partial charge in [-0.25, -0.2) is 0 Å². The lowest BCUT2D eigenvalue weighted by molar-refractivity contribution is 0.0246. The molecule has 1 aromatic heterocycles. The zero-order valence-electron chi connectivity index (χ0n) is 11.0. The number of nitrogens with zero attached hydrogens (tertiary/aromatic N) is 2. The first-order valence-electron chi connectivity index (χ1n) is 6.68. The van der Waals surface area contributed by atoms with Crippen molar-refractivity contribution in [3.63, 3.8) is 0 Å². The third-order valence-corrected chi connectivity index (χ3v) is 4.00. The van der Waals surface area contributed by atoms with Gasteiger partial charge in [-0.2, -0.15) is 4.98 Å². The van der Waals surface area contributed by atoms with Gasteiger partial charge in [-0.3, -0.25) is 0 Å². The van der Waals surface area contributed by atoms with E-state index in [1.54, 1.807) is 0 Å². The number of halogens is 1. The lowest BCUT2D eigenvalue weighted by Gasteiger charge is -2.21. The number of hydrogen-bond donors (Lipinski definition) is 1. The van der Waals surface area contributed by atoms with Crippen LogP contribution < -0.4 is 5.32 Å². The molecule has 20 heavy (non-hydrogen) atoms. The number of hydrogen-bond acceptors (Lipinski definition) is 5. The van der Waals surface area contributed by atoms with Crippen LogP contribution in [-0.2, 0) is 17.6 Å². The SMILES string of the molecule is Brc1ccccc1Cc1noc(CC2CNCCO2)n1. The van der Waals surface area contributed by atoms with E-state index in [1.165, 1.54) is 0 Å². The number of morpholine rings is 1. The molecule has 1 aliphatic rings. The van der Waals surface area contributed by atoms with E-state index < -0.39 is 0 Å². The normalized spacial score (nSPS) is 19.1. The van der Waals surface area contributed by atoms with E-state index >= 15 is 0 Å². The average Bonchev–Trinajstić information content (AvgIpc) is 2.90. The van der Waals surface area contributed by atoms with Gasteiger partial charge in [0, 0.05) is 24.0 Å². The molecule has 0 aliphatic carbocycles. The Kier molecular flexibility index (Phi) is 4.44. The van der Waals surface area contributed by atoms with E-state index in [0.717, 1.165) is 29.7 Å². The molecule has 1 fully saturated rings. The summed E-state index contributed by atoms with van der Waals surface area (Å²) in [5.41, 5.74) is 1.15. The summed E-state index contributed by atoms with van der Waals surface area (Å²) in [5, 5.41) is 7.32. The Morgan fingerprint density at radius 1 is 1.35 bits per heavy atom. The van der Waals surface area contributed by atoms with Crippen LogP contribution in [0.5, 0.6) is 0 Å². The highest BCUT2D eigenvalue weighted by molar-refractivity contribution is 9.10. The fourth-order valence-electron chi connectivity index (χ4n) is 2.20. The van der Waals surface area contributed by atoms with Gasteiger partial charge in [-0.15, -0.1) is 0 Å². The lowest BCUT2D eigenvalue weighted by atomic mass is 10.1. The van der Waals surface area contributed by atoms with Gasteiger partial charge in [-0.05, 0) is 11.6 Å². The highest BCUT2D eigenvalue weighted by Crippen LogP contribution is 2.18. The monoisotopic (exact) mass is 337 g/mol. The Labute approximate surface area is 125 Å². The first-order valence-corrected chi connectivity index (χ1v) is 7.48. The predicted molar refractivity (Wildman–Crippen MR) is 77.6 cm³/mol. The van der Waals surface area contributed by atoms with E-state index in [2.05, 4.69) is 31.4 Å². The summed E-state index contributed by atoms with van der Waals surface area (Å²) in [7, 11) is 0. The van der Waals surface area contributed by atoms with Gasteiger partial charge in [0.25, 0.3) is 0 Å². The molecule has 1 aliphatic heterocycles. The molecule has 1 N–H and O–H groups in total. The smallest absolute Gasteiger partial charge is 0.229 e. The van der Waals surface area contributed by atoms with Crippen molar-refractivity contribution in [3.8, 4) is 0 Å². The molecule has 1 unspecified atom stereocenters. The Bertz CT molecular complexity index is 567. The Morgan fingerprint density at radius 3 is 3.05 bits per heavy atom. The first-order chi connectivity index (χ1) is 9.81. The quantitative estimate of drug-likeness (QED) is 0.923. The number of ether oxygens (including phenoxy) is 1. The number of benzene rings is 1. The number of aromatic nitrogens is 2. The van der Waals surface area contributed by atoms with E-state index in [1.807, 2.05) is 24.3 Å². The predicted octanol–water partition coefficient (Wildman–Crippen LogP) is 1.95. The van der Waals surface area contributed by atoms with Crippen molar-refractivity contribution >= 4 is 15.9 Å². The van der Waals surface area contributed by atoms with Gasteiger partial charge in [-0.1, -0.05) is 39.3 Å². The van der Waals surface area contributed by atoms with Crippen molar-refractivity contribution in [2.45, 2.75) is 18.9 Å². The molecule has 1 atom stereocenters. The minimum Gasteiger partial charge on any atom is -0.375 e. The van der Waals surface area contributed by atoms with Crippen LogP contribution in [-0.4, -0.2) is 35.9 Å². The lowest BCUT2D eigenvalue weighted by Crippen LogP contribution is -2.39. The largest absolute Gasteiger partial charge is 0.375 e.